The molecule has 0 spiro atoms. The summed E-state index contributed by atoms with van der Waals surface area (Å²) in [6.45, 7) is 0. The van der Waals surface area contributed by atoms with Crippen LogP contribution in [0.25, 0.3) is 0 Å². The molecule has 5 nitrogen and oxygen atoms in total. The van der Waals surface area contributed by atoms with Crippen LogP contribution in [0, 0.1) is 0 Å². The van der Waals surface area contributed by atoms with Crippen LogP contribution in [0.5, 0.6) is 0 Å². The van der Waals surface area contributed by atoms with Gasteiger partial charge >= 0.3 is 5.97 Å². The molecule has 0 aliphatic rings. The Morgan fingerprint density at radius 3 is 2.59 bits per heavy atom. The minimum Gasteiger partial charge on any atom is -0.477 e. The standard InChI is InChI=1S/C11H8ClNO4/c1-13-5-6(4-7(13)11(15)16)10(14)8-2-3-9(12)17-8/h2-5H,1H3,(H,15,16). The molecule has 0 unspecified atom stereocenters. The average Bonchev–Trinajstić information content (AvgIpc) is 2.83. The summed E-state index contributed by atoms with van der Waals surface area (Å²) in [5.74, 6) is -1.42. The number of carboxylic acid groups (broad SMARTS) is 1. The number of aromatic carboxylic acids is 1. The van der Waals surface area contributed by atoms with Gasteiger partial charge in [-0.1, -0.05) is 0 Å². The molecule has 1 N–H and O–H groups in total. The van der Waals surface area contributed by atoms with Crippen LogP contribution in [0.2, 0.25) is 5.22 Å². The van der Waals surface area contributed by atoms with Gasteiger partial charge < -0.3 is 14.1 Å². The van der Waals surface area contributed by atoms with E-state index < -0.39 is 11.8 Å². The van der Waals surface area contributed by atoms with E-state index in [0.29, 0.717) is 0 Å². The van der Waals surface area contributed by atoms with Gasteiger partial charge in [0.2, 0.25) is 5.78 Å². The van der Waals surface area contributed by atoms with Crippen LogP contribution in [0.1, 0.15) is 26.6 Å². The molecule has 0 radical (unpaired) electrons. The second-order valence-electron chi connectivity index (χ2n) is 3.46. The number of hydrogen-bond donors (Lipinski definition) is 1. The molecule has 0 atom stereocenters. The molecule has 0 aliphatic carbocycles. The largest absolute Gasteiger partial charge is 0.477 e. The monoisotopic (exact) mass is 253 g/mol. The van der Waals surface area contributed by atoms with Gasteiger partial charge in [-0.2, -0.15) is 0 Å². The topological polar surface area (TPSA) is 72.4 Å². The van der Waals surface area contributed by atoms with Crippen molar-refractivity contribution >= 4 is 23.4 Å². The molecular weight excluding hydrogens is 246 g/mol. The van der Waals surface area contributed by atoms with Gasteiger partial charge in [-0.15, -0.1) is 0 Å². The first-order chi connectivity index (χ1) is 7.99. The van der Waals surface area contributed by atoms with Crippen molar-refractivity contribution in [3.63, 3.8) is 0 Å². The number of nitrogens with zero attached hydrogens (tertiary/aromatic N) is 1. The third-order valence-electron chi connectivity index (χ3n) is 2.28. The van der Waals surface area contributed by atoms with Crippen LogP contribution in [-0.2, 0) is 7.05 Å². The molecule has 2 aromatic heterocycles. The molecule has 0 aliphatic heterocycles. The predicted octanol–water partition coefficient (Wildman–Crippen LogP) is 2.20. The second-order valence-corrected chi connectivity index (χ2v) is 3.84. The lowest BCUT2D eigenvalue weighted by molar-refractivity contribution is 0.0686. The van der Waals surface area contributed by atoms with Crippen molar-refractivity contribution in [1.82, 2.24) is 4.57 Å². The number of aromatic nitrogens is 1. The first-order valence-corrected chi connectivity index (χ1v) is 5.06. The Morgan fingerprint density at radius 2 is 2.12 bits per heavy atom. The van der Waals surface area contributed by atoms with Crippen LogP contribution in [0.4, 0.5) is 0 Å². The van der Waals surface area contributed by atoms with Crippen molar-refractivity contribution in [2.24, 2.45) is 7.05 Å². The summed E-state index contributed by atoms with van der Waals surface area (Å²) < 4.78 is 6.33. The van der Waals surface area contributed by atoms with Gasteiger partial charge in [-0.05, 0) is 29.8 Å². The number of aryl methyl sites for hydroxylation is 1. The lowest BCUT2D eigenvalue weighted by atomic mass is 10.2. The molecule has 0 saturated heterocycles. The Balaban J connectivity index is 2.38. The smallest absolute Gasteiger partial charge is 0.352 e. The third kappa shape index (κ3) is 2.09. The molecule has 0 bridgehead atoms. The fourth-order valence-corrected chi connectivity index (χ4v) is 1.63. The third-order valence-corrected chi connectivity index (χ3v) is 2.49. The fraction of sp³-hybridized carbons (Fsp3) is 0.0909. The van der Waals surface area contributed by atoms with Crippen LogP contribution in [0.3, 0.4) is 0 Å². The summed E-state index contributed by atoms with van der Waals surface area (Å²) in [5, 5.41) is 8.97. The summed E-state index contributed by atoms with van der Waals surface area (Å²) in [5.41, 5.74) is 0.280. The van der Waals surface area contributed by atoms with Crippen LogP contribution < -0.4 is 0 Å². The van der Waals surface area contributed by atoms with Crippen molar-refractivity contribution < 1.29 is 19.1 Å². The maximum atomic E-state index is 11.9. The zero-order valence-corrected chi connectivity index (χ0v) is 9.56. The van der Waals surface area contributed by atoms with E-state index in [0.717, 1.165) is 0 Å². The van der Waals surface area contributed by atoms with Gasteiger partial charge in [-0.3, -0.25) is 4.79 Å². The zero-order chi connectivity index (χ0) is 12.6. The van der Waals surface area contributed by atoms with Crippen molar-refractivity contribution in [2.75, 3.05) is 0 Å². The van der Waals surface area contributed by atoms with E-state index in [4.69, 9.17) is 21.1 Å². The first-order valence-electron chi connectivity index (χ1n) is 4.68. The minimum atomic E-state index is -1.09. The summed E-state index contributed by atoms with van der Waals surface area (Å²) >= 11 is 5.56. The molecule has 17 heavy (non-hydrogen) atoms. The Labute approximate surface area is 101 Å². The van der Waals surface area contributed by atoms with Crippen molar-refractivity contribution in [3.8, 4) is 0 Å². The number of ketones is 1. The van der Waals surface area contributed by atoms with Crippen LogP contribution in [0.15, 0.2) is 28.8 Å². The molecular formula is C11H8ClNO4. The van der Waals surface area contributed by atoms with Crippen molar-refractivity contribution in [1.29, 1.82) is 0 Å². The quantitative estimate of drug-likeness (QED) is 0.851. The number of carbonyl (C=O) groups excluding carboxylic acids is 1. The van der Waals surface area contributed by atoms with Gasteiger partial charge in [0.25, 0.3) is 0 Å². The number of rotatable bonds is 3. The van der Waals surface area contributed by atoms with Crippen LogP contribution in [-0.4, -0.2) is 21.4 Å². The molecule has 0 aromatic carbocycles. The Morgan fingerprint density at radius 1 is 1.41 bits per heavy atom. The Kier molecular flexibility index (Phi) is 2.77. The van der Waals surface area contributed by atoms with Crippen LogP contribution >= 0.6 is 11.6 Å². The van der Waals surface area contributed by atoms with E-state index in [1.165, 1.54) is 29.0 Å². The van der Waals surface area contributed by atoms with Gasteiger partial charge in [0, 0.05) is 18.8 Å². The molecule has 2 heterocycles. The molecule has 2 rings (SSSR count). The molecule has 6 heteroatoms. The molecule has 88 valence electrons. The van der Waals surface area contributed by atoms with Gasteiger partial charge in [0.1, 0.15) is 5.69 Å². The predicted molar refractivity (Wildman–Crippen MR) is 59.5 cm³/mol. The van der Waals surface area contributed by atoms with Crippen molar-refractivity contribution in [2.45, 2.75) is 0 Å². The Hall–Kier alpha value is -2.01. The highest BCUT2D eigenvalue weighted by atomic mass is 35.5. The highest BCUT2D eigenvalue weighted by Crippen LogP contribution is 2.18. The summed E-state index contributed by atoms with van der Waals surface area (Å²) in [6, 6.07) is 4.19. The number of hydrogen-bond acceptors (Lipinski definition) is 3. The van der Waals surface area contributed by atoms with E-state index in [1.54, 1.807) is 7.05 Å². The van der Waals surface area contributed by atoms with E-state index in [2.05, 4.69) is 0 Å². The summed E-state index contributed by atoms with van der Waals surface area (Å²) in [7, 11) is 1.55. The minimum absolute atomic E-state index is 0.0333. The molecule has 2 aromatic rings. The van der Waals surface area contributed by atoms with Gasteiger partial charge in [0.15, 0.2) is 11.0 Å². The number of carbonyl (C=O) groups is 2. The average molecular weight is 254 g/mol. The molecule has 0 saturated carbocycles. The SMILES string of the molecule is Cn1cc(C(=O)c2ccc(Cl)o2)cc1C(=O)O. The highest BCUT2D eigenvalue weighted by molar-refractivity contribution is 6.29. The van der Waals surface area contributed by atoms with E-state index in [9.17, 15) is 9.59 Å². The zero-order valence-electron chi connectivity index (χ0n) is 8.81. The molecule has 0 amide bonds. The lowest BCUT2D eigenvalue weighted by Gasteiger charge is -1.93. The maximum Gasteiger partial charge on any atom is 0.352 e. The summed E-state index contributed by atoms with van der Waals surface area (Å²) in [6.07, 6.45) is 1.43. The lowest BCUT2D eigenvalue weighted by Crippen LogP contribution is -2.02. The number of halogens is 1. The number of carboxylic acids is 1. The molecule has 0 fully saturated rings. The van der Waals surface area contributed by atoms with Gasteiger partial charge in [-0.25, -0.2) is 4.79 Å². The van der Waals surface area contributed by atoms with E-state index >= 15 is 0 Å². The second kappa shape index (κ2) is 4.10. The normalized spacial score (nSPS) is 10.5. The van der Waals surface area contributed by atoms with Gasteiger partial charge in [0.05, 0.1) is 0 Å². The Bertz CT molecular complexity index is 596. The van der Waals surface area contributed by atoms with E-state index in [1.807, 2.05) is 0 Å². The highest BCUT2D eigenvalue weighted by Gasteiger charge is 2.18. The fourth-order valence-electron chi connectivity index (χ4n) is 1.48. The summed E-state index contributed by atoms with van der Waals surface area (Å²) in [4.78, 5) is 22.7. The maximum absolute atomic E-state index is 11.9. The van der Waals surface area contributed by atoms with Crippen molar-refractivity contribution in [3.05, 3.63) is 46.6 Å². The number of furan rings is 1. The van der Waals surface area contributed by atoms with E-state index in [-0.39, 0.29) is 22.2 Å². The first kappa shape index (κ1) is 11.5.